The van der Waals surface area contributed by atoms with Crippen molar-refractivity contribution >= 4 is 11.9 Å². The Kier molecular flexibility index (Phi) is 4.26. The Bertz CT molecular complexity index is 611. The minimum atomic E-state index is -0.907. The molecule has 0 aromatic heterocycles. The van der Waals surface area contributed by atoms with Crippen molar-refractivity contribution < 1.29 is 24.2 Å². The van der Waals surface area contributed by atoms with Gasteiger partial charge in [-0.1, -0.05) is 18.2 Å². The zero-order valence-electron chi connectivity index (χ0n) is 13.2. The van der Waals surface area contributed by atoms with Crippen molar-refractivity contribution in [2.24, 2.45) is 0 Å². The van der Waals surface area contributed by atoms with Gasteiger partial charge in [-0.15, -0.1) is 0 Å². The normalized spacial score (nSPS) is 22.5. The van der Waals surface area contributed by atoms with Gasteiger partial charge in [-0.05, 0) is 18.9 Å². The molecule has 1 heterocycles. The highest BCUT2D eigenvalue weighted by atomic mass is 16.5. The number of aliphatic carboxylic acids is 1. The van der Waals surface area contributed by atoms with Gasteiger partial charge >= 0.3 is 5.97 Å². The smallest absolute Gasteiger partial charge is 0.306 e. The molecule has 0 spiro atoms. The monoisotopic (exact) mass is 319 g/mol. The summed E-state index contributed by atoms with van der Waals surface area (Å²) in [4.78, 5) is 25.7. The molecule has 3 rings (SSSR count). The van der Waals surface area contributed by atoms with Crippen LogP contribution in [0, 0.1) is 0 Å². The first-order valence-corrected chi connectivity index (χ1v) is 7.83. The van der Waals surface area contributed by atoms with Crippen molar-refractivity contribution in [3.8, 4) is 5.75 Å². The SMILES string of the molecule is COc1ccccc1C1(C(=O)N2CCOC(CC(=O)O)C2)CC1. The molecule has 1 atom stereocenters. The summed E-state index contributed by atoms with van der Waals surface area (Å²) in [5, 5.41) is 8.91. The number of ether oxygens (including phenoxy) is 2. The van der Waals surface area contributed by atoms with Gasteiger partial charge in [0.05, 0.1) is 31.7 Å². The van der Waals surface area contributed by atoms with E-state index < -0.39 is 17.5 Å². The summed E-state index contributed by atoms with van der Waals surface area (Å²) in [7, 11) is 1.61. The zero-order chi connectivity index (χ0) is 16.4. The second-order valence-corrected chi connectivity index (χ2v) is 6.12. The van der Waals surface area contributed by atoms with E-state index >= 15 is 0 Å². The molecule has 1 amide bonds. The predicted molar refractivity (Wildman–Crippen MR) is 82.5 cm³/mol. The molecule has 1 unspecified atom stereocenters. The lowest BCUT2D eigenvalue weighted by Gasteiger charge is -2.35. The van der Waals surface area contributed by atoms with Crippen molar-refractivity contribution in [3.05, 3.63) is 29.8 Å². The van der Waals surface area contributed by atoms with Crippen LogP contribution in [0.15, 0.2) is 24.3 Å². The van der Waals surface area contributed by atoms with Crippen LogP contribution < -0.4 is 4.74 Å². The van der Waals surface area contributed by atoms with Crippen molar-refractivity contribution in [2.45, 2.75) is 30.8 Å². The highest BCUT2D eigenvalue weighted by Gasteiger charge is 2.54. The first kappa shape index (κ1) is 15.8. The molecule has 6 heteroatoms. The minimum absolute atomic E-state index is 0.0562. The molecule has 1 aliphatic heterocycles. The van der Waals surface area contributed by atoms with Gasteiger partial charge in [0, 0.05) is 18.7 Å². The van der Waals surface area contributed by atoms with Gasteiger partial charge in [0.15, 0.2) is 0 Å². The van der Waals surface area contributed by atoms with Crippen LogP contribution in [0.5, 0.6) is 5.75 Å². The molecule has 1 saturated carbocycles. The average molecular weight is 319 g/mol. The van der Waals surface area contributed by atoms with Crippen molar-refractivity contribution in [2.75, 3.05) is 26.8 Å². The fourth-order valence-electron chi connectivity index (χ4n) is 3.29. The second-order valence-electron chi connectivity index (χ2n) is 6.12. The van der Waals surface area contributed by atoms with Crippen LogP contribution in [0.1, 0.15) is 24.8 Å². The molecule has 1 saturated heterocycles. The number of morpholine rings is 1. The lowest BCUT2D eigenvalue weighted by Crippen LogP contribution is -2.49. The quantitative estimate of drug-likeness (QED) is 0.888. The number of hydrogen-bond donors (Lipinski definition) is 1. The van der Waals surface area contributed by atoms with E-state index in [1.807, 2.05) is 24.3 Å². The van der Waals surface area contributed by atoms with Crippen LogP contribution in [0.4, 0.5) is 0 Å². The van der Waals surface area contributed by atoms with Crippen LogP contribution in [-0.2, 0) is 19.7 Å². The van der Waals surface area contributed by atoms with Crippen molar-refractivity contribution in [1.82, 2.24) is 4.90 Å². The van der Waals surface area contributed by atoms with Crippen LogP contribution >= 0.6 is 0 Å². The van der Waals surface area contributed by atoms with E-state index in [4.69, 9.17) is 14.6 Å². The Morgan fingerprint density at radius 3 is 2.78 bits per heavy atom. The molecule has 124 valence electrons. The molecule has 1 N–H and O–H groups in total. The number of methoxy groups -OCH3 is 1. The van der Waals surface area contributed by atoms with Gasteiger partial charge < -0.3 is 19.5 Å². The molecule has 23 heavy (non-hydrogen) atoms. The Balaban J connectivity index is 1.78. The molecular weight excluding hydrogens is 298 g/mol. The molecule has 0 bridgehead atoms. The first-order valence-electron chi connectivity index (χ1n) is 7.83. The van der Waals surface area contributed by atoms with Crippen molar-refractivity contribution in [3.63, 3.8) is 0 Å². The Morgan fingerprint density at radius 2 is 2.13 bits per heavy atom. The number of carboxylic acid groups (broad SMARTS) is 1. The summed E-state index contributed by atoms with van der Waals surface area (Å²) < 4.78 is 10.9. The summed E-state index contributed by atoms with van der Waals surface area (Å²) in [6.07, 6.45) is 1.09. The first-order chi connectivity index (χ1) is 11.1. The largest absolute Gasteiger partial charge is 0.496 e. The van der Waals surface area contributed by atoms with Gasteiger partial charge in [0.1, 0.15) is 5.75 Å². The maximum Gasteiger partial charge on any atom is 0.306 e. The van der Waals surface area contributed by atoms with Gasteiger partial charge in [-0.25, -0.2) is 0 Å². The molecule has 2 fully saturated rings. The predicted octanol–water partition coefficient (Wildman–Crippen LogP) is 1.43. The lowest BCUT2D eigenvalue weighted by molar-refractivity contribution is -0.149. The summed E-state index contributed by atoms with van der Waals surface area (Å²) in [6.45, 7) is 1.22. The number of carbonyl (C=O) groups is 2. The van der Waals surface area contributed by atoms with Gasteiger partial charge in [0.2, 0.25) is 5.91 Å². The molecule has 6 nitrogen and oxygen atoms in total. The molecular formula is C17H21NO5. The van der Waals surface area contributed by atoms with E-state index in [9.17, 15) is 9.59 Å². The zero-order valence-corrected chi connectivity index (χ0v) is 13.2. The topological polar surface area (TPSA) is 76.1 Å². The number of nitrogens with zero attached hydrogens (tertiary/aromatic N) is 1. The second kappa shape index (κ2) is 6.20. The number of carbonyl (C=O) groups excluding carboxylic acids is 1. The minimum Gasteiger partial charge on any atom is -0.496 e. The fraction of sp³-hybridized carbons (Fsp3) is 0.529. The summed E-state index contributed by atoms with van der Waals surface area (Å²) >= 11 is 0. The molecule has 0 radical (unpaired) electrons. The van der Waals surface area contributed by atoms with Crippen LogP contribution in [-0.4, -0.2) is 54.8 Å². The number of para-hydroxylation sites is 1. The van der Waals surface area contributed by atoms with Crippen molar-refractivity contribution in [1.29, 1.82) is 0 Å². The maximum atomic E-state index is 13.0. The van der Waals surface area contributed by atoms with Gasteiger partial charge in [-0.3, -0.25) is 9.59 Å². The van der Waals surface area contributed by atoms with Crippen LogP contribution in [0.25, 0.3) is 0 Å². The fourth-order valence-corrected chi connectivity index (χ4v) is 3.29. The van der Waals surface area contributed by atoms with Gasteiger partial charge in [0.25, 0.3) is 0 Å². The van der Waals surface area contributed by atoms with Gasteiger partial charge in [-0.2, -0.15) is 0 Å². The third kappa shape index (κ3) is 3.03. The highest BCUT2D eigenvalue weighted by Crippen LogP contribution is 2.52. The van der Waals surface area contributed by atoms with Crippen LogP contribution in [0.2, 0.25) is 0 Å². The standard InChI is InChI=1S/C17H21NO5/c1-22-14-5-3-2-4-13(14)17(6-7-17)16(21)18-8-9-23-12(11-18)10-15(19)20/h2-5,12H,6-11H2,1H3,(H,19,20). The number of amides is 1. The lowest BCUT2D eigenvalue weighted by atomic mass is 9.93. The summed E-state index contributed by atoms with van der Waals surface area (Å²) in [5.41, 5.74) is 0.409. The number of hydrogen-bond acceptors (Lipinski definition) is 4. The van der Waals surface area contributed by atoms with Crippen LogP contribution in [0.3, 0.4) is 0 Å². The number of carboxylic acids is 1. The van der Waals surface area contributed by atoms with E-state index in [0.717, 1.165) is 24.2 Å². The summed E-state index contributed by atoms with van der Waals surface area (Å²) in [5.74, 6) is -0.121. The number of rotatable bonds is 5. The molecule has 1 aromatic rings. The third-order valence-corrected chi connectivity index (χ3v) is 4.61. The van der Waals surface area contributed by atoms with E-state index in [1.54, 1.807) is 12.0 Å². The van der Waals surface area contributed by atoms with E-state index in [-0.39, 0.29) is 12.3 Å². The maximum absolute atomic E-state index is 13.0. The van der Waals surface area contributed by atoms with E-state index in [0.29, 0.717) is 19.7 Å². The highest BCUT2D eigenvalue weighted by molar-refractivity contribution is 5.92. The van der Waals surface area contributed by atoms with E-state index in [2.05, 4.69) is 0 Å². The average Bonchev–Trinajstić information content (AvgIpc) is 3.35. The number of benzene rings is 1. The van der Waals surface area contributed by atoms with E-state index in [1.165, 1.54) is 0 Å². The summed E-state index contributed by atoms with van der Waals surface area (Å²) in [6, 6.07) is 7.62. The Labute approximate surface area is 135 Å². The molecule has 1 aliphatic carbocycles. The molecule has 2 aliphatic rings. The molecule has 1 aromatic carbocycles. The third-order valence-electron chi connectivity index (χ3n) is 4.61. The Hall–Kier alpha value is -2.08. The Morgan fingerprint density at radius 1 is 1.39 bits per heavy atom.